The van der Waals surface area contributed by atoms with E-state index >= 15 is 0 Å². The Labute approximate surface area is 211 Å². The third-order valence-electron chi connectivity index (χ3n) is 7.04. The van der Waals surface area contributed by atoms with Crippen LogP contribution in [0.4, 0.5) is 14.5 Å². The fraction of sp³-hybridized carbons (Fsp3) is 0.250. The van der Waals surface area contributed by atoms with Crippen LogP contribution in [0.15, 0.2) is 72.9 Å². The number of nitrogens with one attached hydrogen (secondary N) is 1. The maximum absolute atomic E-state index is 13.5. The number of rotatable bonds is 6. The van der Waals surface area contributed by atoms with Crippen LogP contribution in [0.25, 0.3) is 16.6 Å². The van der Waals surface area contributed by atoms with Crippen LogP contribution < -0.4 is 15.0 Å². The number of amides is 2. The van der Waals surface area contributed by atoms with E-state index in [9.17, 15) is 18.4 Å². The minimum Gasteiger partial charge on any atom is -0.497 e. The predicted molar refractivity (Wildman–Crippen MR) is 134 cm³/mol. The Balaban J connectivity index is 1.38. The van der Waals surface area contributed by atoms with Crippen LogP contribution in [0.5, 0.6) is 5.75 Å². The zero-order valence-electron chi connectivity index (χ0n) is 20.0. The minimum absolute atomic E-state index is 0.0875. The molecule has 37 heavy (non-hydrogen) atoms. The van der Waals surface area contributed by atoms with Crippen LogP contribution in [-0.2, 0) is 9.59 Å². The summed E-state index contributed by atoms with van der Waals surface area (Å²) in [6.07, 6.45) is 0.874. The summed E-state index contributed by atoms with van der Waals surface area (Å²) in [6, 6.07) is 17.9. The van der Waals surface area contributed by atoms with E-state index in [1.54, 1.807) is 35.0 Å². The van der Waals surface area contributed by atoms with Gasteiger partial charge in [0.05, 0.1) is 42.5 Å². The standard InChI is InChI=1S/C28H24F2N4O3/c1-37-21-4-2-3-16(12-21)27-24(32-28(36)22-13-23(22)30)14-26(35)33(27)20-9-10-25-17(11-20)15-31-34(25)19-7-5-18(29)6-8-19/h2-12,15,22-24,27H,13-14H2,1H3,(H,32,36)/t22-,23-,24+,27?/m1/s1. The summed E-state index contributed by atoms with van der Waals surface area (Å²) >= 11 is 0. The number of hydrogen-bond donors (Lipinski definition) is 1. The summed E-state index contributed by atoms with van der Waals surface area (Å²) in [6.45, 7) is 0. The van der Waals surface area contributed by atoms with Gasteiger partial charge in [0.2, 0.25) is 11.8 Å². The summed E-state index contributed by atoms with van der Waals surface area (Å²) in [7, 11) is 1.57. The molecule has 0 bridgehead atoms. The number of alkyl halides is 1. The van der Waals surface area contributed by atoms with Crippen molar-refractivity contribution in [2.45, 2.75) is 31.1 Å². The summed E-state index contributed by atoms with van der Waals surface area (Å²) in [4.78, 5) is 27.7. The van der Waals surface area contributed by atoms with E-state index in [4.69, 9.17) is 4.74 Å². The van der Waals surface area contributed by atoms with Gasteiger partial charge < -0.3 is 15.0 Å². The Morgan fingerprint density at radius 1 is 1.08 bits per heavy atom. The molecule has 1 saturated heterocycles. The first-order chi connectivity index (χ1) is 17.9. The molecule has 1 aliphatic heterocycles. The number of fused-ring (bicyclic) bond motifs is 1. The van der Waals surface area contributed by atoms with E-state index in [1.807, 2.05) is 42.5 Å². The van der Waals surface area contributed by atoms with Crippen LogP contribution in [0.1, 0.15) is 24.4 Å². The summed E-state index contributed by atoms with van der Waals surface area (Å²) in [5.41, 5.74) is 2.96. The molecule has 3 aromatic carbocycles. The molecule has 2 fully saturated rings. The maximum atomic E-state index is 13.5. The Kier molecular flexibility index (Phi) is 5.62. The molecular weight excluding hydrogens is 478 g/mol. The van der Waals surface area contributed by atoms with Gasteiger partial charge in [-0.05, 0) is 66.6 Å². The van der Waals surface area contributed by atoms with Gasteiger partial charge in [0.15, 0.2) is 0 Å². The molecule has 1 aromatic heterocycles. The van der Waals surface area contributed by atoms with Gasteiger partial charge in [-0.1, -0.05) is 12.1 Å². The number of methoxy groups -OCH3 is 1. The first-order valence-corrected chi connectivity index (χ1v) is 12.1. The van der Waals surface area contributed by atoms with Crippen LogP contribution in [0.2, 0.25) is 0 Å². The molecule has 7 nitrogen and oxygen atoms in total. The number of aromatic nitrogens is 2. The predicted octanol–water partition coefficient (Wildman–Crippen LogP) is 4.49. The van der Waals surface area contributed by atoms with Gasteiger partial charge in [0.1, 0.15) is 17.7 Å². The molecule has 0 spiro atoms. The van der Waals surface area contributed by atoms with Crippen molar-refractivity contribution in [3.63, 3.8) is 0 Å². The zero-order chi connectivity index (χ0) is 25.7. The third kappa shape index (κ3) is 4.20. The van der Waals surface area contributed by atoms with Gasteiger partial charge >= 0.3 is 0 Å². The monoisotopic (exact) mass is 502 g/mol. The fourth-order valence-electron chi connectivity index (χ4n) is 5.06. The van der Waals surface area contributed by atoms with Crippen LogP contribution in [0, 0.1) is 11.7 Å². The minimum atomic E-state index is -1.12. The zero-order valence-corrected chi connectivity index (χ0v) is 20.0. The van der Waals surface area contributed by atoms with Gasteiger partial charge in [-0.3, -0.25) is 9.59 Å². The molecule has 1 aliphatic carbocycles. The molecule has 6 rings (SSSR count). The molecule has 2 heterocycles. The molecular formula is C28H24F2N4O3. The fourth-order valence-corrected chi connectivity index (χ4v) is 5.06. The van der Waals surface area contributed by atoms with E-state index in [0.717, 1.165) is 16.5 Å². The highest BCUT2D eigenvalue weighted by Gasteiger charge is 2.48. The molecule has 1 unspecified atom stereocenters. The van der Waals surface area contributed by atoms with Crippen molar-refractivity contribution in [3.05, 3.63) is 84.3 Å². The van der Waals surface area contributed by atoms with E-state index < -0.39 is 24.2 Å². The lowest BCUT2D eigenvalue weighted by atomic mass is 9.99. The average Bonchev–Trinajstić information content (AvgIpc) is 3.35. The highest BCUT2D eigenvalue weighted by atomic mass is 19.1. The van der Waals surface area contributed by atoms with Gasteiger partial charge in [-0.15, -0.1) is 0 Å². The Morgan fingerprint density at radius 3 is 2.57 bits per heavy atom. The highest BCUT2D eigenvalue weighted by Crippen LogP contribution is 2.41. The number of hydrogen-bond acceptors (Lipinski definition) is 4. The van der Waals surface area contributed by atoms with E-state index in [0.29, 0.717) is 17.1 Å². The number of ether oxygens (including phenoxy) is 1. The largest absolute Gasteiger partial charge is 0.497 e. The van der Waals surface area contributed by atoms with E-state index in [2.05, 4.69) is 10.4 Å². The lowest BCUT2D eigenvalue weighted by molar-refractivity contribution is -0.123. The number of anilines is 1. The van der Waals surface area contributed by atoms with Crippen LogP contribution in [-0.4, -0.2) is 40.9 Å². The number of halogens is 2. The normalized spacial score (nSPS) is 22.9. The highest BCUT2D eigenvalue weighted by molar-refractivity contribution is 6.00. The Bertz CT molecular complexity index is 1500. The van der Waals surface area contributed by atoms with Crippen molar-refractivity contribution in [2.75, 3.05) is 12.0 Å². The first kappa shape index (κ1) is 23.1. The molecule has 1 saturated carbocycles. The van der Waals surface area contributed by atoms with Crippen LogP contribution in [0.3, 0.4) is 0 Å². The van der Waals surface area contributed by atoms with Crippen molar-refractivity contribution < 1.29 is 23.1 Å². The van der Waals surface area contributed by atoms with Crippen LogP contribution >= 0.6 is 0 Å². The first-order valence-electron chi connectivity index (χ1n) is 12.1. The number of carbonyl (C=O) groups is 2. The molecule has 0 radical (unpaired) electrons. The smallest absolute Gasteiger partial charge is 0.229 e. The van der Waals surface area contributed by atoms with Crippen molar-refractivity contribution >= 4 is 28.4 Å². The SMILES string of the molecule is COc1cccc(C2[C@@H](NC(=O)[C@@H]3C[C@H]3F)CC(=O)N2c2ccc3c(cnn3-c3ccc(F)cc3)c2)c1. The number of nitrogens with zero attached hydrogens (tertiary/aromatic N) is 3. The van der Waals surface area contributed by atoms with Crippen molar-refractivity contribution in [1.29, 1.82) is 0 Å². The lowest BCUT2D eigenvalue weighted by Crippen LogP contribution is -2.41. The summed E-state index contributed by atoms with van der Waals surface area (Å²) in [5, 5.41) is 8.17. The lowest BCUT2D eigenvalue weighted by Gasteiger charge is -2.29. The number of benzene rings is 3. The summed E-state index contributed by atoms with van der Waals surface area (Å²) in [5.74, 6) is -0.872. The molecule has 9 heteroatoms. The third-order valence-corrected chi connectivity index (χ3v) is 7.04. The molecule has 2 aliphatic rings. The van der Waals surface area contributed by atoms with Gasteiger partial charge in [-0.2, -0.15) is 5.10 Å². The molecule has 4 atom stereocenters. The topological polar surface area (TPSA) is 76.5 Å². The molecule has 188 valence electrons. The quantitative estimate of drug-likeness (QED) is 0.422. The Morgan fingerprint density at radius 2 is 1.84 bits per heavy atom. The second kappa shape index (κ2) is 8.99. The Hall–Kier alpha value is -4.27. The van der Waals surface area contributed by atoms with Gasteiger partial charge in [0, 0.05) is 17.5 Å². The van der Waals surface area contributed by atoms with Crippen molar-refractivity contribution in [2.24, 2.45) is 5.92 Å². The molecule has 4 aromatic rings. The summed E-state index contributed by atoms with van der Waals surface area (Å²) < 4.78 is 34.0. The van der Waals surface area contributed by atoms with Crippen molar-refractivity contribution in [1.82, 2.24) is 15.1 Å². The number of carbonyl (C=O) groups excluding carboxylic acids is 2. The van der Waals surface area contributed by atoms with Gasteiger partial charge in [0.25, 0.3) is 0 Å². The average molecular weight is 503 g/mol. The van der Waals surface area contributed by atoms with E-state index in [-0.39, 0.29) is 30.5 Å². The van der Waals surface area contributed by atoms with Crippen molar-refractivity contribution in [3.8, 4) is 11.4 Å². The molecule has 2 amide bonds. The maximum Gasteiger partial charge on any atom is 0.229 e. The molecule has 1 N–H and O–H groups in total. The second-order valence-electron chi connectivity index (χ2n) is 9.44. The van der Waals surface area contributed by atoms with E-state index in [1.165, 1.54) is 12.1 Å². The second-order valence-corrected chi connectivity index (χ2v) is 9.44. The van der Waals surface area contributed by atoms with Gasteiger partial charge in [-0.25, -0.2) is 13.5 Å².